The second kappa shape index (κ2) is 4.59. The van der Waals surface area contributed by atoms with Crippen molar-refractivity contribution in [3.05, 3.63) is 23.8 Å². The van der Waals surface area contributed by atoms with Crippen LogP contribution in [0.1, 0.15) is 40.0 Å². The molecule has 1 rings (SSSR count). The fourth-order valence-corrected chi connectivity index (χ4v) is 2.08. The molecule has 78 valence electrons. The van der Waals surface area contributed by atoms with E-state index in [1.54, 1.807) is 0 Å². The van der Waals surface area contributed by atoms with Crippen molar-refractivity contribution < 1.29 is 4.79 Å². The molecule has 1 aliphatic rings. The van der Waals surface area contributed by atoms with E-state index in [2.05, 4.69) is 39.0 Å². The van der Waals surface area contributed by atoms with Gasteiger partial charge in [-0.1, -0.05) is 37.6 Å². The van der Waals surface area contributed by atoms with Crippen LogP contribution in [0.5, 0.6) is 0 Å². The number of carbonyl (C=O) groups excluding carboxylic acids is 1. The third kappa shape index (κ3) is 2.14. The molecule has 0 saturated heterocycles. The van der Waals surface area contributed by atoms with Crippen molar-refractivity contribution in [2.24, 2.45) is 11.3 Å². The average Bonchev–Trinajstić information content (AvgIpc) is 2.18. The number of hydrogen-bond acceptors (Lipinski definition) is 1. The fourth-order valence-electron chi connectivity index (χ4n) is 2.08. The van der Waals surface area contributed by atoms with Gasteiger partial charge in [0.1, 0.15) is 6.29 Å². The second-order valence-corrected chi connectivity index (χ2v) is 4.34. The molecule has 0 amide bonds. The van der Waals surface area contributed by atoms with Crippen LogP contribution >= 0.6 is 0 Å². The van der Waals surface area contributed by atoms with Crippen LogP contribution in [0.4, 0.5) is 0 Å². The lowest BCUT2D eigenvalue weighted by molar-refractivity contribution is -0.115. The maximum atomic E-state index is 11.2. The standard InChI is InChI=1S/C13H20O/c1-4-5-7-13(10-14)8-6-11(2)9-12(13)3/h5,7,9-10,12H,4,6,8H2,1-3H3/b7-5-/t12-,13-/m1/s1. The van der Waals surface area contributed by atoms with E-state index in [0.717, 1.165) is 25.5 Å². The molecule has 0 aromatic heterocycles. The third-order valence-corrected chi connectivity index (χ3v) is 3.22. The largest absolute Gasteiger partial charge is 0.302 e. The Balaban J connectivity index is 2.90. The molecule has 0 aromatic carbocycles. The lowest BCUT2D eigenvalue weighted by atomic mass is 9.69. The highest BCUT2D eigenvalue weighted by Crippen LogP contribution is 2.39. The first-order valence-corrected chi connectivity index (χ1v) is 5.46. The van der Waals surface area contributed by atoms with Crippen LogP contribution in [0.15, 0.2) is 23.8 Å². The minimum absolute atomic E-state index is 0.227. The number of carbonyl (C=O) groups is 1. The quantitative estimate of drug-likeness (QED) is 0.494. The first-order valence-electron chi connectivity index (χ1n) is 5.46. The van der Waals surface area contributed by atoms with E-state index in [9.17, 15) is 4.79 Å². The Labute approximate surface area is 86.9 Å². The first kappa shape index (κ1) is 11.2. The second-order valence-electron chi connectivity index (χ2n) is 4.34. The molecule has 1 nitrogen and oxygen atoms in total. The highest BCUT2D eigenvalue weighted by Gasteiger charge is 2.34. The zero-order valence-electron chi connectivity index (χ0n) is 9.42. The van der Waals surface area contributed by atoms with Gasteiger partial charge in [-0.15, -0.1) is 0 Å². The van der Waals surface area contributed by atoms with Crippen molar-refractivity contribution in [1.82, 2.24) is 0 Å². The Morgan fingerprint density at radius 1 is 1.64 bits per heavy atom. The van der Waals surface area contributed by atoms with Crippen molar-refractivity contribution in [3.8, 4) is 0 Å². The molecule has 14 heavy (non-hydrogen) atoms. The number of rotatable bonds is 3. The first-order chi connectivity index (χ1) is 6.64. The van der Waals surface area contributed by atoms with Crippen LogP contribution in [0, 0.1) is 11.3 Å². The minimum Gasteiger partial charge on any atom is -0.302 e. The summed E-state index contributed by atoms with van der Waals surface area (Å²) in [7, 11) is 0. The van der Waals surface area contributed by atoms with Crippen molar-refractivity contribution in [2.75, 3.05) is 0 Å². The van der Waals surface area contributed by atoms with Crippen molar-refractivity contribution in [3.63, 3.8) is 0 Å². The highest BCUT2D eigenvalue weighted by atomic mass is 16.1. The Bertz CT molecular complexity index is 262. The van der Waals surface area contributed by atoms with E-state index in [1.165, 1.54) is 5.57 Å². The highest BCUT2D eigenvalue weighted by molar-refractivity contribution is 5.64. The van der Waals surface area contributed by atoms with Crippen molar-refractivity contribution in [1.29, 1.82) is 0 Å². The van der Waals surface area contributed by atoms with E-state index >= 15 is 0 Å². The molecule has 0 N–H and O–H groups in total. The van der Waals surface area contributed by atoms with E-state index in [0.29, 0.717) is 5.92 Å². The van der Waals surface area contributed by atoms with Crippen molar-refractivity contribution >= 4 is 6.29 Å². The maximum Gasteiger partial charge on any atom is 0.130 e. The molecular formula is C13H20O. The Hall–Kier alpha value is -0.850. The molecule has 0 heterocycles. The van der Waals surface area contributed by atoms with Gasteiger partial charge in [0.15, 0.2) is 0 Å². The molecule has 0 saturated carbocycles. The van der Waals surface area contributed by atoms with Gasteiger partial charge in [0.05, 0.1) is 5.41 Å². The van der Waals surface area contributed by atoms with E-state index < -0.39 is 0 Å². The summed E-state index contributed by atoms with van der Waals surface area (Å²) in [4.78, 5) is 11.2. The van der Waals surface area contributed by atoms with Gasteiger partial charge >= 0.3 is 0 Å². The lowest BCUT2D eigenvalue weighted by Crippen LogP contribution is -2.30. The number of hydrogen-bond donors (Lipinski definition) is 0. The third-order valence-electron chi connectivity index (χ3n) is 3.22. The maximum absolute atomic E-state index is 11.2. The van der Waals surface area contributed by atoms with Gasteiger partial charge in [-0.05, 0) is 32.1 Å². The molecule has 0 spiro atoms. The van der Waals surface area contributed by atoms with E-state index in [-0.39, 0.29) is 5.41 Å². The summed E-state index contributed by atoms with van der Waals surface area (Å²) < 4.78 is 0. The molecule has 0 radical (unpaired) electrons. The Morgan fingerprint density at radius 2 is 2.36 bits per heavy atom. The van der Waals surface area contributed by atoms with Gasteiger partial charge in [-0.3, -0.25) is 0 Å². The lowest BCUT2D eigenvalue weighted by Gasteiger charge is -2.34. The molecular weight excluding hydrogens is 172 g/mol. The molecule has 0 unspecified atom stereocenters. The number of aldehydes is 1. The van der Waals surface area contributed by atoms with Crippen LogP contribution in [0.3, 0.4) is 0 Å². The summed E-state index contributed by atoms with van der Waals surface area (Å²) in [6.45, 7) is 6.38. The van der Waals surface area contributed by atoms with Gasteiger partial charge in [0.25, 0.3) is 0 Å². The van der Waals surface area contributed by atoms with Crippen LogP contribution in [-0.4, -0.2) is 6.29 Å². The van der Waals surface area contributed by atoms with Gasteiger partial charge in [-0.25, -0.2) is 0 Å². The van der Waals surface area contributed by atoms with Crippen LogP contribution < -0.4 is 0 Å². The van der Waals surface area contributed by atoms with Crippen LogP contribution in [0.25, 0.3) is 0 Å². The molecule has 0 bridgehead atoms. The predicted octanol–water partition coefficient (Wildman–Crippen LogP) is 3.51. The predicted molar refractivity (Wildman–Crippen MR) is 60.1 cm³/mol. The summed E-state index contributed by atoms with van der Waals surface area (Å²) in [6, 6.07) is 0. The van der Waals surface area contributed by atoms with Crippen molar-refractivity contribution in [2.45, 2.75) is 40.0 Å². The van der Waals surface area contributed by atoms with Gasteiger partial charge < -0.3 is 4.79 Å². The molecule has 1 heteroatoms. The topological polar surface area (TPSA) is 17.1 Å². The normalized spacial score (nSPS) is 33.1. The SMILES string of the molecule is CC/C=C\[C@]1(C=O)CCC(C)=C[C@H]1C. The molecule has 1 aliphatic carbocycles. The Kier molecular flexibility index (Phi) is 3.68. The zero-order valence-corrected chi connectivity index (χ0v) is 9.42. The van der Waals surface area contributed by atoms with Gasteiger partial charge in [0.2, 0.25) is 0 Å². The summed E-state index contributed by atoms with van der Waals surface area (Å²) in [5, 5.41) is 0. The summed E-state index contributed by atoms with van der Waals surface area (Å²) >= 11 is 0. The van der Waals surface area contributed by atoms with E-state index in [1.807, 2.05) is 0 Å². The fraction of sp³-hybridized carbons (Fsp3) is 0.615. The summed E-state index contributed by atoms with van der Waals surface area (Å²) in [6.07, 6.45) is 10.6. The monoisotopic (exact) mass is 192 g/mol. The molecule has 2 atom stereocenters. The van der Waals surface area contributed by atoms with Gasteiger partial charge in [0, 0.05) is 0 Å². The molecule has 0 fully saturated rings. The molecule has 0 aliphatic heterocycles. The summed E-state index contributed by atoms with van der Waals surface area (Å²) in [5.74, 6) is 0.344. The summed E-state index contributed by atoms with van der Waals surface area (Å²) in [5.41, 5.74) is 1.19. The molecule has 0 aromatic rings. The number of allylic oxidation sites excluding steroid dienone is 4. The van der Waals surface area contributed by atoms with Crippen LogP contribution in [0.2, 0.25) is 0 Å². The minimum atomic E-state index is -0.227. The van der Waals surface area contributed by atoms with Gasteiger partial charge in [-0.2, -0.15) is 0 Å². The smallest absolute Gasteiger partial charge is 0.130 e. The average molecular weight is 192 g/mol. The zero-order chi connectivity index (χ0) is 10.6. The van der Waals surface area contributed by atoms with Crippen LogP contribution in [-0.2, 0) is 4.79 Å². The van der Waals surface area contributed by atoms with E-state index in [4.69, 9.17) is 0 Å². The Morgan fingerprint density at radius 3 is 2.86 bits per heavy atom.